The molecule has 1 fully saturated rings. The third-order valence-corrected chi connectivity index (χ3v) is 11.0. The van der Waals surface area contributed by atoms with Crippen LogP contribution in [0.1, 0.15) is 48.7 Å². The zero-order chi connectivity index (χ0) is 38.8. The molecule has 10 nitrogen and oxygen atoms in total. The molecule has 1 saturated heterocycles. The van der Waals surface area contributed by atoms with Crippen molar-refractivity contribution in [1.29, 1.82) is 0 Å². The summed E-state index contributed by atoms with van der Waals surface area (Å²) in [7, 11) is 4.81. The van der Waals surface area contributed by atoms with Gasteiger partial charge >= 0.3 is 0 Å². The van der Waals surface area contributed by atoms with Crippen LogP contribution in [0.15, 0.2) is 85.1 Å². The molecule has 2 aliphatic heterocycles. The maximum absolute atomic E-state index is 15.9. The van der Waals surface area contributed by atoms with Crippen molar-refractivity contribution in [2.45, 2.75) is 39.4 Å². The lowest BCUT2D eigenvalue weighted by Crippen LogP contribution is -2.52. The van der Waals surface area contributed by atoms with Crippen LogP contribution >= 0.6 is 0 Å². The first-order valence-electron chi connectivity index (χ1n) is 18.5. The molecule has 11 heteroatoms. The van der Waals surface area contributed by atoms with Crippen molar-refractivity contribution in [2.75, 3.05) is 52.0 Å². The van der Waals surface area contributed by atoms with Crippen LogP contribution in [0.25, 0.3) is 11.1 Å². The number of anilines is 1. The number of rotatable bonds is 10. The fraction of sp³-hybridized carbons (Fsp3) is 0.318. The third kappa shape index (κ3) is 7.54. The van der Waals surface area contributed by atoms with E-state index in [-0.39, 0.29) is 41.5 Å². The highest BCUT2D eigenvalue weighted by molar-refractivity contribution is 6.13. The topological polar surface area (TPSA) is 96.7 Å². The summed E-state index contributed by atoms with van der Waals surface area (Å²) in [6.07, 6.45) is 2.45. The molecule has 0 unspecified atom stereocenters. The molecule has 0 saturated carbocycles. The van der Waals surface area contributed by atoms with Gasteiger partial charge in [0.1, 0.15) is 11.5 Å². The number of phenols is 1. The van der Waals surface area contributed by atoms with Crippen LogP contribution < -0.4 is 14.4 Å². The first kappa shape index (κ1) is 37.7. The summed E-state index contributed by atoms with van der Waals surface area (Å²) >= 11 is 0. The minimum absolute atomic E-state index is 0.0611. The largest absolute Gasteiger partial charge is 0.508 e. The summed E-state index contributed by atoms with van der Waals surface area (Å²) < 4.78 is 34.4. The zero-order valence-corrected chi connectivity index (χ0v) is 32.0. The van der Waals surface area contributed by atoms with Crippen LogP contribution in [0.4, 0.5) is 10.1 Å². The summed E-state index contributed by atoms with van der Waals surface area (Å²) in [5.41, 5.74) is 6.47. The molecule has 7 rings (SSSR count). The van der Waals surface area contributed by atoms with Crippen LogP contribution in [-0.4, -0.2) is 84.4 Å². The van der Waals surface area contributed by atoms with Gasteiger partial charge in [-0.1, -0.05) is 36.4 Å². The highest BCUT2D eigenvalue weighted by Gasteiger charge is 2.35. The summed E-state index contributed by atoms with van der Waals surface area (Å²) in [4.78, 5) is 36.1. The predicted octanol–water partition coefficient (Wildman–Crippen LogP) is 6.92. The van der Waals surface area contributed by atoms with E-state index in [9.17, 15) is 5.11 Å². The third-order valence-electron chi connectivity index (χ3n) is 11.0. The van der Waals surface area contributed by atoms with E-state index in [1.54, 1.807) is 30.3 Å². The maximum Gasteiger partial charge on any atom is 0.261 e. The first-order chi connectivity index (χ1) is 26.6. The standard InChI is InChI=1S/C44H47FN4O6/c1-28-31(11-8-12-40(28)53-4)24-48(33-13-15-35(50)16-14-33)44(52)42-29(2)46(3)27-38(42)36-22-39(45)41(54-5)23-37(36)43(51)49-25-32-10-7-6-9-30(32)21-34(49)26-47-17-19-55-20-18-47/h6-16,22-23,27,34,50H,17-21,24-26H2,1-5H3/t34-/m0/s1. The lowest BCUT2D eigenvalue weighted by atomic mass is 9.91. The molecule has 5 aromatic rings. The number of aryl methyl sites for hydroxylation is 1. The average molecular weight is 747 g/mol. The van der Waals surface area contributed by atoms with Crippen LogP contribution in [0.2, 0.25) is 0 Å². The van der Waals surface area contributed by atoms with Gasteiger partial charge in [-0.2, -0.15) is 0 Å². The van der Waals surface area contributed by atoms with Crippen molar-refractivity contribution < 1.29 is 33.3 Å². The Kier molecular flexibility index (Phi) is 10.9. The Morgan fingerprint density at radius 1 is 0.909 bits per heavy atom. The van der Waals surface area contributed by atoms with Gasteiger partial charge in [0.25, 0.3) is 11.8 Å². The van der Waals surface area contributed by atoms with E-state index in [0.717, 1.165) is 29.8 Å². The van der Waals surface area contributed by atoms with Gasteiger partial charge in [0, 0.05) is 62.4 Å². The number of carbonyl (C=O) groups excluding carboxylic acids is 2. The second-order valence-electron chi connectivity index (χ2n) is 14.3. The maximum atomic E-state index is 15.9. The van der Waals surface area contributed by atoms with E-state index >= 15 is 14.0 Å². The number of amides is 2. The van der Waals surface area contributed by atoms with E-state index in [0.29, 0.717) is 66.5 Å². The number of methoxy groups -OCH3 is 2. The van der Waals surface area contributed by atoms with Crippen LogP contribution in [0.5, 0.6) is 17.2 Å². The number of hydrogen-bond donors (Lipinski definition) is 1. The lowest BCUT2D eigenvalue weighted by molar-refractivity contribution is 0.0193. The van der Waals surface area contributed by atoms with Gasteiger partial charge in [0.2, 0.25) is 0 Å². The number of carbonyl (C=O) groups is 2. The van der Waals surface area contributed by atoms with Gasteiger partial charge in [-0.25, -0.2) is 4.39 Å². The van der Waals surface area contributed by atoms with Gasteiger partial charge in [-0.15, -0.1) is 0 Å². The molecular weight excluding hydrogens is 700 g/mol. The Labute approximate surface area is 321 Å². The Morgan fingerprint density at radius 3 is 2.33 bits per heavy atom. The van der Waals surface area contributed by atoms with E-state index in [1.165, 1.54) is 36.9 Å². The van der Waals surface area contributed by atoms with E-state index < -0.39 is 5.82 Å². The minimum atomic E-state index is -0.648. The SMILES string of the molecule is COc1cc(C(=O)N2Cc3ccccc3C[C@H]2CN2CCOCC2)c(-c2cn(C)c(C)c2C(=O)N(Cc2cccc(OC)c2C)c2ccc(O)cc2)cc1F. The molecule has 4 aromatic carbocycles. The molecule has 1 N–H and O–H groups in total. The molecule has 1 atom stereocenters. The minimum Gasteiger partial charge on any atom is -0.508 e. The molecule has 0 aliphatic carbocycles. The van der Waals surface area contributed by atoms with Crippen LogP contribution in [0.3, 0.4) is 0 Å². The van der Waals surface area contributed by atoms with Crippen LogP contribution in [-0.2, 0) is 31.3 Å². The number of morpholine rings is 1. The Morgan fingerprint density at radius 2 is 1.62 bits per heavy atom. The summed E-state index contributed by atoms with van der Waals surface area (Å²) in [6, 6.07) is 22.9. The van der Waals surface area contributed by atoms with Crippen molar-refractivity contribution in [1.82, 2.24) is 14.4 Å². The molecule has 2 amide bonds. The molecule has 55 heavy (non-hydrogen) atoms. The molecule has 286 valence electrons. The van der Waals surface area contributed by atoms with Crippen molar-refractivity contribution in [3.05, 3.63) is 130 Å². The number of phenolic OH excluding ortho intramolecular Hbond substituents is 1. The quantitative estimate of drug-likeness (QED) is 0.166. The molecule has 2 aliphatic rings. The van der Waals surface area contributed by atoms with Crippen molar-refractivity contribution in [3.8, 4) is 28.4 Å². The first-order valence-corrected chi connectivity index (χ1v) is 18.5. The normalized spacial score (nSPS) is 15.7. The summed E-state index contributed by atoms with van der Waals surface area (Å²) in [5, 5.41) is 10.1. The number of aromatic hydroxyl groups is 1. The fourth-order valence-electron chi connectivity index (χ4n) is 7.81. The highest BCUT2D eigenvalue weighted by atomic mass is 19.1. The van der Waals surface area contributed by atoms with Gasteiger partial charge in [-0.3, -0.25) is 14.5 Å². The predicted molar refractivity (Wildman–Crippen MR) is 210 cm³/mol. The molecular formula is C44H47FN4O6. The molecule has 1 aromatic heterocycles. The number of ether oxygens (including phenoxy) is 3. The smallest absolute Gasteiger partial charge is 0.261 e. The average Bonchev–Trinajstić information content (AvgIpc) is 3.50. The van der Waals surface area contributed by atoms with Crippen molar-refractivity contribution in [3.63, 3.8) is 0 Å². The summed E-state index contributed by atoms with van der Waals surface area (Å²) in [6.45, 7) is 7.83. The van der Waals surface area contributed by atoms with Crippen molar-refractivity contribution >= 4 is 17.5 Å². The van der Waals surface area contributed by atoms with Gasteiger partial charge in [-0.05, 0) is 90.6 Å². The second-order valence-corrected chi connectivity index (χ2v) is 14.3. The molecule has 0 spiro atoms. The Bertz CT molecular complexity index is 2210. The number of benzene rings is 4. The van der Waals surface area contributed by atoms with Gasteiger partial charge in [0.15, 0.2) is 11.6 Å². The molecule has 0 bridgehead atoms. The Balaban J connectivity index is 1.34. The van der Waals surface area contributed by atoms with Crippen LogP contribution in [0, 0.1) is 19.7 Å². The van der Waals surface area contributed by atoms with E-state index in [4.69, 9.17) is 14.2 Å². The Hall–Kier alpha value is -5.65. The number of halogens is 1. The zero-order valence-electron chi connectivity index (χ0n) is 32.0. The van der Waals surface area contributed by atoms with Gasteiger partial charge < -0.3 is 33.7 Å². The number of aromatic nitrogens is 1. The number of hydrogen-bond acceptors (Lipinski definition) is 7. The van der Waals surface area contributed by atoms with Gasteiger partial charge in [0.05, 0.1) is 45.1 Å². The van der Waals surface area contributed by atoms with E-state index in [1.807, 2.05) is 66.8 Å². The van der Waals surface area contributed by atoms with E-state index in [2.05, 4.69) is 11.0 Å². The molecule has 3 heterocycles. The molecule has 0 radical (unpaired) electrons. The second kappa shape index (κ2) is 16.0. The van der Waals surface area contributed by atoms with Crippen molar-refractivity contribution in [2.24, 2.45) is 7.05 Å². The highest BCUT2D eigenvalue weighted by Crippen LogP contribution is 2.38. The number of fused-ring (bicyclic) bond motifs is 1. The fourth-order valence-corrected chi connectivity index (χ4v) is 7.81. The lowest BCUT2D eigenvalue weighted by Gasteiger charge is -2.40. The monoisotopic (exact) mass is 746 g/mol. The number of nitrogens with zero attached hydrogens (tertiary/aromatic N) is 4. The summed E-state index contributed by atoms with van der Waals surface area (Å²) in [5.74, 6) is -0.582.